The van der Waals surface area contributed by atoms with E-state index < -0.39 is 11.9 Å². The van der Waals surface area contributed by atoms with Crippen molar-refractivity contribution in [2.75, 3.05) is 24.5 Å². The summed E-state index contributed by atoms with van der Waals surface area (Å²) in [5.74, 6) is 0.683. The standard InChI is InChI=1S/C33H35N5O5/c1-33(2)12-14-37(32(33)42)28-9-4-21-15-20(3-7-26(21)34-28)17-36-13-11-24(19-36)43-23-5-6-25-22(16-23)18-38(31(25)41)27-8-10-29(39)35-30(27)40/h3-7,9,15-16,24,27H,8,10-14,17-19H2,1-2H3,(H,35,39,40)/t24-,27?/m0/s1. The highest BCUT2D eigenvalue weighted by molar-refractivity contribution is 6.05. The first-order valence-electron chi connectivity index (χ1n) is 15.0. The monoisotopic (exact) mass is 581 g/mol. The number of ether oxygens (including phenoxy) is 1. The summed E-state index contributed by atoms with van der Waals surface area (Å²) in [6, 6.07) is 15.2. The van der Waals surface area contributed by atoms with Crippen LogP contribution in [0.4, 0.5) is 5.82 Å². The van der Waals surface area contributed by atoms with Crippen LogP contribution in [0, 0.1) is 5.41 Å². The van der Waals surface area contributed by atoms with Gasteiger partial charge in [-0.15, -0.1) is 0 Å². The zero-order chi connectivity index (χ0) is 29.9. The molecular formula is C33H35N5O5. The van der Waals surface area contributed by atoms with E-state index in [1.54, 1.807) is 15.9 Å². The molecule has 0 aliphatic carbocycles. The van der Waals surface area contributed by atoms with Gasteiger partial charge in [0.25, 0.3) is 5.91 Å². The van der Waals surface area contributed by atoms with E-state index in [1.165, 1.54) is 5.56 Å². The van der Waals surface area contributed by atoms with E-state index in [1.807, 2.05) is 38.1 Å². The molecule has 0 bridgehead atoms. The van der Waals surface area contributed by atoms with Gasteiger partial charge in [0.05, 0.1) is 5.52 Å². The number of hydrogen-bond donors (Lipinski definition) is 1. The van der Waals surface area contributed by atoms with Crippen molar-refractivity contribution in [1.29, 1.82) is 0 Å². The van der Waals surface area contributed by atoms with E-state index >= 15 is 0 Å². The van der Waals surface area contributed by atoms with Crippen molar-refractivity contribution in [3.8, 4) is 5.75 Å². The van der Waals surface area contributed by atoms with Crippen LogP contribution in [0.1, 0.15) is 61.0 Å². The molecule has 4 aliphatic rings. The predicted molar refractivity (Wildman–Crippen MR) is 159 cm³/mol. The van der Waals surface area contributed by atoms with Gasteiger partial charge in [-0.1, -0.05) is 19.9 Å². The Hall–Kier alpha value is -4.31. The summed E-state index contributed by atoms with van der Waals surface area (Å²) in [6.45, 7) is 7.52. The van der Waals surface area contributed by atoms with E-state index in [9.17, 15) is 19.2 Å². The maximum absolute atomic E-state index is 13.0. The third-order valence-electron chi connectivity index (χ3n) is 9.23. The second-order valence-electron chi connectivity index (χ2n) is 12.8. The van der Waals surface area contributed by atoms with Gasteiger partial charge in [-0.2, -0.15) is 0 Å². The number of aromatic nitrogens is 1. The molecule has 0 spiro atoms. The van der Waals surface area contributed by atoms with Crippen molar-refractivity contribution >= 4 is 40.3 Å². The molecular weight excluding hydrogens is 546 g/mol. The van der Waals surface area contributed by atoms with Gasteiger partial charge in [0.2, 0.25) is 17.7 Å². The number of nitrogens with zero attached hydrogens (tertiary/aromatic N) is 4. The lowest BCUT2D eigenvalue weighted by Gasteiger charge is -2.29. The van der Waals surface area contributed by atoms with Gasteiger partial charge in [0.15, 0.2) is 0 Å². The van der Waals surface area contributed by atoms with Gasteiger partial charge in [0, 0.05) is 55.5 Å². The Labute approximate surface area is 250 Å². The molecule has 10 nitrogen and oxygen atoms in total. The fourth-order valence-electron chi connectivity index (χ4n) is 6.71. The zero-order valence-electron chi connectivity index (χ0n) is 24.5. The molecule has 3 saturated heterocycles. The number of nitrogens with one attached hydrogen (secondary N) is 1. The molecule has 0 radical (unpaired) electrons. The number of anilines is 1. The summed E-state index contributed by atoms with van der Waals surface area (Å²) >= 11 is 0. The molecule has 10 heteroatoms. The summed E-state index contributed by atoms with van der Waals surface area (Å²) in [5, 5.41) is 3.40. The fourth-order valence-corrected chi connectivity index (χ4v) is 6.71. The Morgan fingerprint density at radius 1 is 1.00 bits per heavy atom. The first-order valence-corrected chi connectivity index (χ1v) is 15.0. The Balaban J connectivity index is 0.964. The minimum Gasteiger partial charge on any atom is -0.489 e. The van der Waals surface area contributed by atoms with Crippen molar-refractivity contribution in [3.63, 3.8) is 0 Å². The number of hydrogen-bond acceptors (Lipinski definition) is 7. The van der Waals surface area contributed by atoms with Gasteiger partial charge >= 0.3 is 0 Å². The van der Waals surface area contributed by atoms with Crippen LogP contribution in [0.15, 0.2) is 48.5 Å². The molecule has 4 aliphatic heterocycles. The second-order valence-corrected chi connectivity index (χ2v) is 12.8. The second kappa shape index (κ2) is 10.4. The number of rotatable bonds is 6. The number of carbonyl (C=O) groups excluding carboxylic acids is 4. The number of piperidine rings is 1. The first kappa shape index (κ1) is 27.5. The van der Waals surface area contributed by atoms with Gasteiger partial charge in [-0.05, 0) is 72.9 Å². The molecule has 222 valence electrons. The third-order valence-corrected chi connectivity index (χ3v) is 9.23. The van der Waals surface area contributed by atoms with Crippen LogP contribution in [-0.4, -0.2) is 70.2 Å². The topological polar surface area (TPSA) is 112 Å². The molecule has 43 heavy (non-hydrogen) atoms. The quantitative estimate of drug-likeness (QED) is 0.444. The molecule has 4 amide bonds. The van der Waals surface area contributed by atoms with Crippen molar-refractivity contribution in [2.45, 2.75) is 64.8 Å². The fraction of sp³-hybridized carbons (Fsp3) is 0.424. The van der Waals surface area contributed by atoms with Crippen LogP contribution in [0.2, 0.25) is 0 Å². The number of imide groups is 1. The molecule has 1 N–H and O–H groups in total. The number of fused-ring (bicyclic) bond motifs is 2. The minimum atomic E-state index is -0.625. The lowest BCUT2D eigenvalue weighted by Crippen LogP contribution is -2.52. The molecule has 5 heterocycles. The number of likely N-dealkylation sites (tertiary alicyclic amines) is 1. The molecule has 3 aromatic rings. The lowest BCUT2D eigenvalue weighted by molar-refractivity contribution is -0.137. The van der Waals surface area contributed by atoms with Gasteiger partial charge in [-0.25, -0.2) is 4.98 Å². The van der Waals surface area contributed by atoms with Crippen LogP contribution in [-0.2, 0) is 27.5 Å². The van der Waals surface area contributed by atoms with Crippen LogP contribution in [0.25, 0.3) is 10.9 Å². The molecule has 3 fully saturated rings. The van der Waals surface area contributed by atoms with Crippen molar-refractivity contribution in [1.82, 2.24) is 20.1 Å². The smallest absolute Gasteiger partial charge is 0.255 e. The Morgan fingerprint density at radius 2 is 1.86 bits per heavy atom. The summed E-state index contributed by atoms with van der Waals surface area (Å²) in [5.41, 5.74) is 3.17. The van der Waals surface area contributed by atoms with Crippen LogP contribution in [0.5, 0.6) is 5.75 Å². The summed E-state index contributed by atoms with van der Waals surface area (Å²) in [4.78, 5) is 60.1. The predicted octanol–water partition coefficient (Wildman–Crippen LogP) is 3.41. The number of pyridine rings is 1. The zero-order valence-corrected chi connectivity index (χ0v) is 24.5. The van der Waals surface area contributed by atoms with Crippen LogP contribution >= 0.6 is 0 Å². The largest absolute Gasteiger partial charge is 0.489 e. The molecule has 7 rings (SSSR count). The van der Waals surface area contributed by atoms with Gasteiger partial charge in [0.1, 0.15) is 23.7 Å². The minimum absolute atomic E-state index is 0.0355. The summed E-state index contributed by atoms with van der Waals surface area (Å²) in [7, 11) is 0. The van der Waals surface area contributed by atoms with E-state index in [4.69, 9.17) is 9.72 Å². The first-order chi connectivity index (χ1) is 20.6. The third kappa shape index (κ3) is 5.14. The average Bonchev–Trinajstić information content (AvgIpc) is 3.63. The van der Waals surface area contributed by atoms with Crippen molar-refractivity contribution in [3.05, 3.63) is 65.2 Å². The van der Waals surface area contributed by atoms with Crippen LogP contribution in [0.3, 0.4) is 0 Å². The average molecular weight is 582 g/mol. The van der Waals surface area contributed by atoms with Gasteiger partial charge in [-0.3, -0.25) is 34.3 Å². The Bertz CT molecular complexity index is 1670. The molecule has 2 aromatic carbocycles. The van der Waals surface area contributed by atoms with Crippen molar-refractivity contribution in [2.24, 2.45) is 5.41 Å². The highest BCUT2D eigenvalue weighted by Crippen LogP contribution is 2.34. The number of amides is 4. The highest BCUT2D eigenvalue weighted by atomic mass is 16.5. The Morgan fingerprint density at radius 3 is 2.65 bits per heavy atom. The Kier molecular flexibility index (Phi) is 6.69. The molecule has 1 unspecified atom stereocenters. The van der Waals surface area contributed by atoms with E-state index in [0.717, 1.165) is 60.5 Å². The molecule has 2 atom stereocenters. The molecule has 1 aromatic heterocycles. The summed E-state index contributed by atoms with van der Waals surface area (Å²) in [6.07, 6.45) is 2.35. The number of benzene rings is 2. The lowest BCUT2D eigenvalue weighted by atomic mass is 9.92. The van der Waals surface area contributed by atoms with E-state index in [-0.39, 0.29) is 35.7 Å². The van der Waals surface area contributed by atoms with E-state index in [0.29, 0.717) is 25.1 Å². The van der Waals surface area contributed by atoms with Crippen molar-refractivity contribution < 1.29 is 23.9 Å². The summed E-state index contributed by atoms with van der Waals surface area (Å²) < 4.78 is 6.34. The maximum Gasteiger partial charge on any atom is 0.255 e. The van der Waals surface area contributed by atoms with Gasteiger partial charge < -0.3 is 9.64 Å². The highest BCUT2D eigenvalue weighted by Gasteiger charge is 2.40. The SMILES string of the molecule is CC1(C)CCN(c2ccc3cc(CN4CC[C@H](Oc5ccc6c(c5)CN(C5CCC(=O)NC5=O)C6=O)C4)ccc3n2)C1=O. The van der Waals surface area contributed by atoms with Crippen LogP contribution < -0.4 is 15.0 Å². The molecule has 0 saturated carbocycles. The number of carbonyl (C=O) groups is 4. The normalized spacial score (nSPS) is 23.8. The van der Waals surface area contributed by atoms with E-state index in [2.05, 4.69) is 28.4 Å². The maximum atomic E-state index is 13.0.